The Labute approximate surface area is 135 Å². The van der Waals surface area contributed by atoms with Gasteiger partial charge < -0.3 is 0 Å². The fourth-order valence-electron chi connectivity index (χ4n) is 2.37. The van der Waals surface area contributed by atoms with Gasteiger partial charge in [-0.2, -0.15) is 5.10 Å². The Kier molecular flexibility index (Phi) is 5.71. The molecular formula is C14H21N3O3S2. The minimum absolute atomic E-state index is 0.0667. The number of hydrogen-bond acceptors (Lipinski definition) is 5. The number of nitrogens with zero attached hydrogens (tertiary/aromatic N) is 2. The monoisotopic (exact) mass is 343 g/mol. The predicted molar refractivity (Wildman–Crippen MR) is 88.6 cm³/mol. The van der Waals surface area contributed by atoms with Crippen molar-refractivity contribution in [2.45, 2.75) is 26.7 Å². The zero-order chi connectivity index (χ0) is 16.2. The largest absolute Gasteiger partial charge is 0.273 e. The first-order valence-electron chi connectivity index (χ1n) is 7.29. The van der Waals surface area contributed by atoms with Crippen LogP contribution in [0.5, 0.6) is 0 Å². The Balaban J connectivity index is 1.91. The van der Waals surface area contributed by atoms with Gasteiger partial charge in [0, 0.05) is 22.8 Å². The molecule has 2 heterocycles. The molecule has 0 radical (unpaired) electrons. The van der Waals surface area contributed by atoms with Crippen LogP contribution in [0.1, 0.15) is 29.5 Å². The standard InChI is InChI=1S/C14H21N3O3S2/c1-3-22(19,20)17-8-4-5-12(10-17)14(18)16-15-9-13-7-6-11(2)21-13/h6-7,9,12H,3-5,8,10H2,1-2H3,(H,16,18)/b15-9-/t12-/m1/s1. The van der Waals surface area contributed by atoms with Gasteiger partial charge in [-0.25, -0.2) is 18.1 Å². The molecule has 8 heteroatoms. The summed E-state index contributed by atoms with van der Waals surface area (Å²) in [5.74, 6) is -0.491. The number of amides is 1. The third kappa shape index (κ3) is 4.37. The summed E-state index contributed by atoms with van der Waals surface area (Å²) in [5.41, 5.74) is 2.52. The maximum absolute atomic E-state index is 12.1. The minimum Gasteiger partial charge on any atom is -0.273 e. The fourth-order valence-corrected chi connectivity index (χ4v) is 4.29. The van der Waals surface area contributed by atoms with E-state index in [4.69, 9.17) is 0 Å². The molecule has 1 amide bonds. The average molecular weight is 343 g/mol. The highest BCUT2D eigenvalue weighted by atomic mass is 32.2. The number of aryl methyl sites for hydroxylation is 1. The molecule has 0 saturated carbocycles. The molecule has 2 rings (SSSR count). The molecule has 122 valence electrons. The smallest absolute Gasteiger partial charge is 0.244 e. The number of piperidine rings is 1. The van der Waals surface area contributed by atoms with Crippen LogP contribution in [0.2, 0.25) is 0 Å². The van der Waals surface area contributed by atoms with Gasteiger partial charge in [0.1, 0.15) is 0 Å². The average Bonchev–Trinajstić information content (AvgIpc) is 2.92. The Hall–Kier alpha value is -1.25. The molecule has 1 saturated heterocycles. The van der Waals surface area contributed by atoms with Crippen LogP contribution in [-0.2, 0) is 14.8 Å². The van der Waals surface area contributed by atoms with E-state index >= 15 is 0 Å². The maximum Gasteiger partial charge on any atom is 0.244 e. The van der Waals surface area contributed by atoms with Crippen molar-refractivity contribution in [1.29, 1.82) is 0 Å². The number of hydrazone groups is 1. The van der Waals surface area contributed by atoms with Gasteiger partial charge in [0.15, 0.2) is 0 Å². The van der Waals surface area contributed by atoms with Gasteiger partial charge in [0.25, 0.3) is 0 Å². The van der Waals surface area contributed by atoms with Gasteiger partial charge in [0.2, 0.25) is 15.9 Å². The second-order valence-electron chi connectivity index (χ2n) is 5.28. The molecule has 0 aliphatic carbocycles. The van der Waals surface area contributed by atoms with Crippen molar-refractivity contribution in [3.63, 3.8) is 0 Å². The van der Waals surface area contributed by atoms with E-state index in [1.165, 1.54) is 9.18 Å². The zero-order valence-corrected chi connectivity index (χ0v) is 14.4. The summed E-state index contributed by atoms with van der Waals surface area (Å²) >= 11 is 1.59. The van der Waals surface area contributed by atoms with E-state index in [0.29, 0.717) is 19.4 Å². The Bertz CT molecular complexity index is 652. The molecule has 22 heavy (non-hydrogen) atoms. The number of carbonyl (C=O) groups excluding carboxylic acids is 1. The summed E-state index contributed by atoms with van der Waals surface area (Å²) in [6, 6.07) is 3.92. The molecular weight excluding hydrogens is 322 g/mol. The van der Waals surface area contributed by atoms with E-state index in [9.17, 15) is 13.2 Å². The lowest BCUT2D eigenvalue weighted by atomic mass is 9.99. The highest BCUT2D eigenvalue weighted by Gasteiger charge is 2.31. The van der Waals surface area contributed by atoms with E-state index in [1.807, 2.05) is 19.1 Å². The van der Waals surface area contributed by atoms with Gasteiger partial charge in [0.05, 0.1) is 17.9 Å². The Morgan fingerprint density at radius 3 is 2.95 bits per heavy atom. The number of rotatable bonds is 5. The first-order chi connectivity index (χ1) is 10.4. The van der Waals surface area contributed by atoms with Crippen LogP contribution in [0, 0.1) is 12.8 Å². The van der Waals surface area contributed by atoms with Crippen molar-refractivity contribution in [2.75, 3.05) is 18.8 Å². The van der Waals surface area contributed by atoms with Crippen LogP contribution < -0.4 is 5.43 Å². The van der Waals surface area contributed by atoms with Crippen LogP contribution in [0.4, 0.5) is 0 Å². The molecule has 1 aliphatic heterocycles. The lowest BCUT2D eigenvalue weighted by Crippen LogP contribution is -2.45. The van der Waals surface area contributed by atoms with Crippen molar-refractivity contribution < 1.29 is 13.2 Å². The van der Waals surface area contributed by atoms with E-state index in [-0.39, 0.29) is 24.1 Å². The van der Waals surface area contributed by atoms with Crippen molar-refractivity contribution in [2.24, 2.45) is 11.0 Å². The molecule has 6 nitrogen and oxygen atoms in total. The summed E-state index contributed by atoms with van der Waals surface area (Å²) < 4.78 is 25.2. The second kappa shape index (κ2) is 7.34. The van der Waals surface area contributed by atoms with Crippen LogP contribution in [0.3, 0.4) is 0 Å². The highest BCUT2D eigenvalue weighted by molar-refractivity contribution is 7.89. The van der Waals surface area contributed by atoms with Gasteiger partial charge in [-0.3, -0.25) is 4.79 Å². The summed E-state index contributed by atoms with van der Waals surface area (Å²) in [7, 11) is -3.23. The molecule has 0 aromatic carbocycles. The van der Waals surface area contributed by atoms with Crippen LogP contribution >= 0.6 is 11.3 Å². The topological polar surface area (TPSA) is 78.8 Å². The summed E-state index contributed by atoms with van der Waals surface area (Å²) in [5, 5.41) is 3.96. The van der Waals surface area contributed by atoms with Crippen LogP contribution in [-0.4, -0.2) is 43.7 Å². The first-order valence-corrected chi connectivity index (χ1v) is 9.72. The van der Waals surface area contributed by atoms with Gasteiger partial charge >= 0.3 is 0 Å². The van der Waals surface area contributed by atoms with Crippen LogP contribution in [0.25, 0.3) is 0 Å². The molecule has 1 atom stereocenters. The van der Waals surface area contributed by atoms with E-state index in [0.717, 1.165) is 4.88 Å². The Morgan fingerprint density at radius 2 is 2.32 bits per heavy atom. The minimum atomic E-state index is -3.23. The summed E-state index contributed by atoms with van der Waals surface area (Å²) in [6.45, 7) is 4.37. The number of sulfonamides is 1. The van der Waals surface area contributed by atoms with E-state index < -0.39 is 10.0 Å². The molecule has 0 unspecified atom stereocenters. The highest BCUT2D eigenvalue weighted by Crippen LogP contribution is 2.19. The van der Waals surface area contributed by atoms with Gasteiger partial charge in [-0.15, -0.1) is 11.3 Å². The SMILES string of the molecule is CCS(=O)(=O)N1CCC[C@@H](C(=O)N/N=C\c2ccc(C)s2)C1. The summed E-state index contributed by atoms with van der Waals surface area (Å²) in [6.07, 6.45) is 3.00. The third-order valence-corrected chi connectivity index (χ3v) is 6.42. The summed E-state index contributed by atoms with van der Waals surface area (Å²) in [4.78, 5) is 14.3. The third-order valence-electron chi connectivity index (χ3n) is 3.64. The normalized spacial score (nSPS) is 20.4. The van der Waals surface area contributed by atoms with Crippen molar-refractivity contribution in [3.05, 3.63) is 21.9 Å². The van der Waals surface area contributed by atoms with Gasteiger partial charge in [-0.1, -0.05) is 0 Å². The van der Waals surface area contributed by atoms with Gasteiger partial charge in [-0.05, 0) is 38.8 Å². The quantitative estimate of drug-likeness (QED) is 0.651. The maximum atomic E-state index is 12.1. The molecule has 1 aromatic heterocycles. The molecule has 0 bridgehead atoms. The molecule has 1 fully saturated rings. The number of thiophene rings is 1. The second-order valence-corrected chi connectivity index (χ2v) is 8.86. The first kappa shape index (κ1) is 17.1. The number of carbonyl (C=O) groups is 1. The Morgan fingerprint density at radius 1 is 1.55 bits per heavy atom. The predicted octanol–water partition coefficient (Wildman–Crippen LogP) is 1.57. The number of nitrogens with one attached hydrogen (secondary N) is 1. The lowest BCUT2D eigenvalue weighted by Gasteiger charge is -2.30. The lowest BCUT2D eigenvalue weighted by molar-refractivity contribution is -0.126. The molecule has 1 N–H and O–H groups in total. The fraction of sp³-hybridized carbons (Fsp3) is 0.571. The number of hydrogen-bond donors (Lipinski definition) is 1. The molecule has 1 aromatic rings. The van der Waals surface area contributed by atoms with Crippen molar-refractivity contribution >= 4 is 33.5 Å². The molecule has 1 aliphatic rings. The van der Waals surface area contributed by atoms with Crippen molar-refractivity contribution in [1.82, 2.24) is 9.73 Å². The zero-order valence-electron chi connectivity index (χ0n) is 12.8. The van der Waals surface area contributed by atoms with E-state index in [2.05, 4.69) is 10.5 Å². The van der Waals surface area contributed by atoms with Crippen LogP contribution in [0.15, 0.2) is 17.2 Å². The van der Waals surface area contributed by atoms with E-state index in [1.54, 1.807) is 24.5 Å². The molecule has 0 spiro atoms. The van der Waals surface area contributed by atoms with Crippen molar-refractivity contribution in [3.8, 4) is 0 Å².